The van der Waals surface area contributed by atoms with Crippen LogP contribution in [-0.4, -0.2) is 31.3 Å². The lowest BCUT2D eigenvalue weighted by Gasteiger charge is -2.07. The molecule has 5 nitrogen and oxygen atoms in total. The maximum atomic E-state index is 12.9. The molecule has 0 aliphatic rings. The Hall–Kier alpha value is -2.80. The van der Waals surface area contributed by atoms with E-state index in [1.165, 1.54) is 36.0 Å². The molecule has 0 fully saturated rings. The molecule has 1 aromatic carbocycles. The maximum absolute atomic E-state index is 12.9. The van der Waals surface area contributed by atoms with Gasteiger partial charge in [-0.3, -0.25) is 14.3 Å². The van der Waals surface area contributed by atoms with Gasteiger partial charge < -0.3 is 0 Å². The third kappa shape index (κ3) is 4.00. The molecule has 0 aliphatic carbocycles. The molecule has 0 saturated carbocycles. The molecule has 0 bridgehead atoms. The fourth-order valence-corrected chi connectivity index (χ4v) is 3.07. The lowest BCUT2D eigenvalue weighted by atomic mass is 10.1. The zero-order chi connectivity index (χ0) is 17.6. The standard InChI is InChI=1S/C18H15FN4OS/c1-2-11-23-17(15-5-3-4-10-20-15)21-22-18(23)25-12-16(24)13-6-8-14(19)9-7-13/h2-10H,1,11-12H2. The molecule has 7 heteroatoms. The van der Waals surface area contributed by atoms with Gasteiger partial charge in [0.05, 0.1) is 5.75 Å². The summed E-state index contributed by atoms with van der Waals surface area (Å²) in [5.41, 5.74) is 1.17. The lowest BCUT2D eigenvalue weighted by molar-refractivity contribution is 0.102. The molecule has 0 atom stereocenters. The summed E-state index contributed by atoms with van der Waals surface area (Å²) in [6, 6.07) is 11.1. The third-order valence-electron chi connectivity index (χ3n) is 3.42. The second-order valence-corrected chi connectivity index (χ2v) is 6.08. The number of carbonyl (C=O) groups excluding carboxylic acids is 1. The number of halogens is 1. The van der Waals surface area contributed by atoms with Crippen LogP contribution >= 0.6 is 11.8 Å². The quantitative estimate of drug-likeness (QED) is 0.368. The Labute approximate surface area is 148 Å². The molecule has 0 unspecified atom stereocenters. The number of allylic oxidation sites excluding steroid dienone is 1. The van der Waals surface area contributed by atoms with Crippen LogP contribution in [0.15, 0.2) is 66.5 Å². The van der Waals surface area contributed by atoms with Crippen LogP contribution in [-0.2, 0) is 6.54 Å². The van der Waals surface area contributed by atoms with Crippen molar-refractivity contribution in [2.75, 3.05) is 5.75 Å². The number of benzene rings is 1. The fraction of sp³-hybridized carbons (Fsp3) is 0.111. The highest BCUT2D eigenvalue weighted by Crippen LogP contribution is 2.23. The van der Waals surface area contributed by atoms with Gasteiger partial charge in [0, 0.05) is 18.3 Å². The van der Waals surface area contributed by atoms with Gasteiger partial charge in [-0.25, -0.2) is 4.39 Å². The zero-order valence-electron chi connectivity index (χ0n) is 13.3. The Balaban J connectivity index is 1.78. The molecular weight excluding hydrogens is 339 g/mol. The van der Waals surface area contributed by atoms with Crippen molar-refractivity contribution in [1.82, 2.24) is 19.7 Å². The number of nitrogens with zero attached hydrogens (tertiary/aromatic N) is 4. The third-order valence-corrected chi connectivity index (χ3v) is 4.39. The normalized spacial score (nSPS) is 10.6. The van der Waals surface area contributed by atoms with Crippen LogP contribution in [0.3, 0.4) is 0 Å². The van der Waals surface area contributed by atoms with E-state index >= 15 is 0 Å². The molecule has 25 heavy (non-hydrogen) atoms. The van der Waals surface area contributed by atoms with E-state index < -0.39 is 0 Å². The number of pyridine rings is 1. The molecule has 0 spiro atoms. The Kier molecular flexibility index (Phi) is 5.35. The Morgan fingerprint density at radius 3 is 2.68 bits per heavy atom. The molecule has 2 heterocycles. The van der Waals surface area contributed by atoms with Crippen molar-refractivity contribution in [3.8, 4) is 11.5 Å². The number of ketones is 1. The van der Waals surface area contributed by atoms with Gasteiger partial charge in [-0.05, 0) is 36.4 Å². The highest BCUT2D eigenvalue weighted by molar-refractivity contribution is 7.99. The molecule has 0 amide bonds. The summed E-state index contributed by atoms with van der Waals surface area (Å²) in [7, 11) is 0. The average Bonchev–Trinajstić information content (AvgIpc) is 3.04. The van der Waals surface area contributed by atoms with Gasteiger partial charge in [0.15, 0.2) is 16.8 Å². The number of hydrogen-bond acceptors (Lipinski definition) is 5. The molecule has 2 aromatic heterocycles. The molecular formula is C18H15FN4OS. The number of Topliss-reactive ketones (excluding diaryl/α,β-unsaturated/α-hetero) is 1. The second kappa shape index (κ2) is 7.85. The Morgan fingerprint density at radius 1 is 1.20 bits per heavy atom. The molecule has 0 saturated heterocycles. The predicted molar refractivity (Wildman–Crippen MR) is 94.9 cm³/mol. The molecule has 0 N–H and O–H groups in total. The molecule has 0 aliphatic heterocycles. The molecule has 0 radical (unpaired) electrons. The Morgan fingerprint density at radius 2 is 2.00 bits per heavy atom. The Bertz CT molecular complexity index is 878. The van der Waals surface area contributed by atoms with Crippen molar-refractivity contribution < 1.29 is 9.18 Å². The summed E-state index contributed by atoms with van der Waals surface area (Å²) in [5.74, 6) is 0.341. The van der Waals surface area contributed by atoms with Crippen LogP contribution in [0, 0.1) is 5.82 Å². The summed E-state index contributed by atoms with van der Waals surface area (Å²) < 4.78 is 14.8. The number of carbonyl (C=O) groups is 1. The first-order chi connectivity index (χ1) is 12.2. The van der Waals surface area contributed by atoms with E-state index in [4.69, 9.17) is 0 Å². The average molecular weight is 354 g/mol. The van der Waals surface area contributed by atoms with Crippen LogP contribution in [0.2, 0.25) is 0 Å². The van der Waals surface area contributed by atoms with Gasteiger partial charge in [0.2, 0.25) is 0 Å². The van der Waals surface area contributed by atoms with Crippen LogP contribution in [0.5, 0.6) is 0 Å². The van der Waals surface area contributed by atoms with Gasteiger partial charge in [0.1, 0.15) is 11.5 Å². The van der Waals surface area contributed by atoms with Gasteiger partial charge in [-0.15, -0.1) is 16.8 Å². The van der Waals surface area contributed by atoms with E-state index in [-0.39, 0.29) is 17.4 Å². The number of aromatic nitrogens is 4. The summed E-state index contributed by atoms with van der Waals surface area (Å²) in [5, 5.41) is 8.96. The number of thioether (sulfide) groups is 1. The SMILES string of the molecule is C=CCn1c(SCC(=O)c2ccc(F)cc2)nnc1-c1ccccn1. The molecule has 3 rings (SSSR count). The van der Waals surface area contributed by atoms with Crippen molar-refractivity contribution in [3.05, 3.63) is 72.7 Å². The smallest absolute Gasteiger partial charge is 0.192 e. The van der Waals surface area contributed by atoms with Crippen LogP contribution in [0.4, 0.5) is 4.39 Å². The van der Waals surface area contributed by atoms with Crippen molar-refractivity contribution in [2.45, 2.75) is 11.7 Å². The summed E-state index contributed by atoms with van der Waals surface area (Å²) in [6.07, 6.45) is 3.43. The summed E-state index contributed by atoms with van der Waals surface area (Å²) in [4.78, 5) is 16.5. The first-order valence-corrected chi connectivity index (χ1v) is 8.54. The minimum Gasteiger partial charge on any atom is -0.297 e. The van der Waals surface area contributed by atoms with E-state index in [1.54, 1.807) is 12.3 Å². The first kappa shape index (κ1) is 17.0. The minimum atomic E-state index is -0.366. The van der Waals surface area contributed by atoms with E-state index in [0.29, 0.717) is 28.8 Å². The van der Waals surface area contributed by atoms with Crippen LogP contribution in [0.1, 0.15) is 10.4 Å². The van der Waals surface area contributed by atoms with E-state index in [1.807, 2.05) is 22.8 Å². The lowest BCUT2D eigenvalue weighted by Crippen LogP contribution is -2.05. The number of rotatable bonds is 7. The van der Waals surface area contributed by atoms with Gasteiger partial charge in [0.25, 0.3) is 0 Å². The zero-order valence-corrected chi connectivity index (χ0v) is 14.1. The maximum Gasteiger partial charge on any atom is 0.192 e. The van der Waals surface area contributed by atoms with Gasteiger partial charge in [-0.1, -0.05) is 23.9 Å². The summed E-state index contributed by atoms with van der Waals surface area (Å²) in [6.45, 7) is 4.26. The monoisotopic (exact) mass is 354 g/mol. The fourth-order valence-electron chi connectivity index (χ4n) is 2.22. The molecule has 126 valence electrons. The second-order valence-electron chi connectivity index (χ2n) is 5.14. The van der Waals surface area contributed by atoms with Crippen molar-refractivity contribution in [3.63, 3.8) is 0 Å². The van der Waals surface area contributed by atoms with Gasteiger partial charge >= 0.3 is 0 Å². The van der Waals surface area contributed by atoms with E-state index in [9.17, 15) is 9.18 Å². The highest BCUT2D eigenvalue weighted by Gasteiger charge is 2.16. The number of hydrogen-bond donors (Lipinski definition) is 0. The molecule has 3 aromatic rings. The topological polar surface area (TPSA) is 60.7 Å². The van der Waals surface area contributed by atoms with Crippen molar-refractivity contribution >= 4 is 17.5 Å². The first-order valence-electron chi connectivity index (χ1n) is 7.56. The van der Waals surface area contributed by atoms with Crippen LogP contribution in [0.25, 0.3) is 11.5 Å². The predicted octanol–water partition coefficient (Wildman–Crippen LogP) is 3.64. The van der Waals surface area contributed by atoms with Crippen LogP contribution < -0.4 is 0 Å². The van der Waals surface area contributed by atoms with Crippen molar-refractivity contribution in [1.29, 1.82) is 0 Å². The van der Waals surface area contributed by atoms with Crippen molar-refractivity contribution in [2.24, 2.45) is 0 Å². The largest absolute Gasteiger partial charge is 0.297 e. The summed E-state index contributed by atoms with van der Waals surface area (Å²) >= 11 is 1.28. The van der Waals surface area contributed by atoms with Gasteiger partial charge in [-0.2, -0.15) is 0 Å². The van der Waals surface area contributed by atoms with E-state index in [2.05, 4.69) is 21.8 Å². The van der Waals surface area contributed by atoms with E-state index in [0.717, 1.165) is 0 Å². The minimum absolute atomic E-state index is 0.0995. The highest BCUT2D eigenvalue weighted by atomic mass is 32.2.